The van der Waals surface area contributed by atoms with Crippen molar-refractivity contribution in [3.63, 3.8) is 0 Å². The van der Waals surface area contributed by atoms with Crippen LogP contribution in [0.1, 0.15) is 16.8 Å². The average molecular weight is 276 g/mol. The molecule has 0 radical (unpaired) electrons. The zero-order chi connectivity index (χ0) is 14.0. The highest BCUT2D eigenvalue weighted by molar-refractivity contribution is 6.31. The van der Waals surface area contributed by atoms with E-state index in [-0.39, 0.29) is 5.02 Å². The Morgan fingerprint density at radius 3 is 2.68 bits per heavy atom. The SMILES string of the molecule is Cc1cc(C)c(C#N)c(Nc2ccc(F)c(Cl)c2)n1. The van der Waals surface area contributed by atoms with E-state index in [0.717, 1.165) is 11.3 Å². The summed E-state index contributed by atoms with van der Waals surface area (Å²) < 4.78 is 13.1. The Hall–Kier alpha value is -2.12. The molecular formula is C14H11ClFN3. The number of pyridine rings is 1. The number of aromatic nitrogens is 1. The summed E-state index contributed by atoms with van der Waals surface area (Å²) in [5, 5.41) is 12.2. The standard InChI is InChI=1S/C14H11ClFN3/c1-8-5-9(2)18-14(11(8)7-17)19-10-3-4-13(16)12(15)6-10/h3-6H,1-2H3,(H,18,19). The monoisotopic (exact) mass is 275 g/mol. The summed E-state index contributed by atoms with van der Waals surface area (Å²) in [6, 6.07) is 8.20. The minimum absolute atomic E-state index is 0.0212. The van der Waals surface area contributed by atoms with E-state index in [1.165, 1.54) is 12.1 Å². The van der Waals surface area contributed by atoms with E-state index in [1.54, 1.807) is 6.07 Å². The summed E-state index contributed by atoms with van der Waals surface area (Å²) in [6.45, 7) is 3.69. The summed E-state index contributed by atoms with van der Waals surface area (Å²) in [4.78, 5) is 4.28. The molecule has 2 aromatic rings. The molecule has 1 aromatic carbocycles. The molecule has 0 bridgehead atoms. The molecular weight excluding hydrogens is 265 g/mol. The number of nitrogens with one attached hydrogen (secondary N) is 1. The van der Waals surface area contributed by atoms with Crippen LogP contribution in [0.25, 0.3) is 0 Å². The Labute approximate surface area is 115 Å². The van der Waals surface area contributed by atoms with Gasteiger partial charge in [0, 0.05) is 11.4 Å². The van der Waals surface area contributed by atoms with Crippen LogP contribution in [0.3, 0.4) is 0 Å². The zero-order valence-electron chi connectivity index (χ0n) is 10.5. The summed E-state index contributed by atoms with van der Waals surface area (Å²) in [7, 11) is 0. The number of benzene rings is 1. The second-order valence-corrected chi connectivity index (χ2v) is 4.58. The van der Waals surface area contributed by atoms with Crippen molar-refractivity contribution in [2.45, 2.75) is 13.8 Å². The maximum Gasteiger partial charge on any atom is 0.148 e. The van der Waals surface area contributed by atoms with Crippen molar-refractivity contribution < 1.29 is 4.39 Å². The molecule has 1 heterocycles. The van der Waals surface area contributed by atoms with Gasteiger partial charge in [0.25, 0.3) is 0 Å². The molecule has 0 amide bonds. The first kappa shape index (κ1) is 13.3. The lowest BCUT2D eigenvalue weighted by Crippen LogP contribution is -2.01. The normalized spacial score (nSPS) is 10.1. The maximum atomic E-state index is 13.1. The molecule has 0 fully saturated rings. The van der Waals surface area contributed by atoms with Crippen molar-refractivity contribution in [3.05, 3.63) is 51.9 Å². The molecule has 1 aromatic heterocycles. The summed E-state index contributed by atoms with van der Waals surface area (Å²) in [5.41, 5.74) is 2.68. The number of anilines is 2. The van der Waals surface area contributed by atoms with Crippen molar-refractivity contribution in [1.29, 1.82) is 5.26 Å². The third-order valence-electron chi connectivity index (χ3n) is 2.64. The highest BCUT2D eigenvalue weighted by Crippen LogP contribution is 2.25. The molecule has 0 saturated carbocycles. The fourth-order valence-corrected chi connectivity index (χ4v) is 1.96. The van der Waals surface area contributed by atoms with Crippen molar-refractivity contribution in [1.82, 2.24) is 4.98 Å². The molecule has 19 heavy (non-hydrogen) atoms. The fraction of sp³-hybridized carbons (Fsp3) is 0.143. The van der Waals surface area contributed by atoms with E-state index in [9.17, 15) is 4.39 Å². The quantitative estimate of drug-likeness (QED) is 0.897. The molecule has 2 rings (SSSR count). The van der Waals surface area contributed by atoms with Crippen LogP contribution < -0.4 is 5.32 Å². The Morgan fingerprint density at radius 1 is 1.32 bits per heavy atom. The van der Waals surface area contributed by atoms with E-state index >= 15 is 0 Å². The molecule has 1 N–H and O–H groups in total. The van der Waals surface area contributed by atoms with Crippen molar-refractivity contribution >= 4 is 23.1 Å². The second kappa shape index (κ2) is 5.25. The Bertz CT molecular complexity index is 677. The number of aryl methyl sites for hydroxylation is 2. The molecule has 0 aliphatic heterocycles. The minimum Gasteiger partial charge on any atom is -0.339 e. The number of nitrogens with zero attached hydrogens (tertiary/aromatic N) is 2. The van der Waals surface area contributed by atoms with Gasteiger partial charge in [0.15, 0.2) is 0 Å². The van der Waals surface area contributed by atoms with E-state index in [1.807, 2.05) is 19.9 Å². The van der Waals surface area contributed by atoms with Gasteiger partial charge in [-0.05, 0) is 43.7 Å². The van der Waals surface area contributed by atoms with Gasteiger partial charge < -0.3 is 5.32 Å². The number of rotatable bonds is 2. The van der Waals surface area contributed by atoms with Gasteiger partial charge in [0.2, 0.25) is 0 Å². The zero-order valence-corrected chi connectivity index (χ0v) is 11.2. The second-order valence-electron chi connectivity index (χ2n) is 4.17. The molecule has 0 saturated heterocycles. The van der Waals surface area contributed by atoms with Crippen LogP contribution in [-0.2, 0) is 0 Å². The predicted molar refractivity (Wildman–Crippen MR) is 73.1 cm³/mol. The third-order valence-corrected chi connectivity index (χ3v) is 2.93. The van der Waals surface area contributed by atoms with Crippen molar-refractivity contribution in [2.75, 3.05) is 5.32 Å². The smallest absolute Gasteiger partial charge is 0.148 e. The first-order chi connectivity index (χ1) is 9.01. The summed E-state index contributed by atoms with van der Waals surface area (Å²) in [6.07, 6.45) is 0. The highest BCUT2D eigenvalue weighted by Gasteiger charge is 2.09. The summed E-state index contributed by atoms with van der Waals surface area (Å²) >= 11 is 5.72. The molecule has 0 spiro atoms. The van der Waals surface area contributed by atoms with Gasteiger partial charge >= 0.3 is 0 Å². The van der Waals surface area contributed by atoms with Crippen LogP contribution in [0.15, 0.2) is 24.3 Å². The first-order valence-electron chi connectivity index (χ1n) is 5.61. The van der Waals surface area contributed by atoms with Gasteiger partial charge in [0.05, 0.1) is 10.6 Å². The summed E-state index contributed by atoms with van der Waals surface area (Å²) in [5.74, 6) is -0.0382. The Balaban J connectivity index is 2.43. The Morgan fingerprint density at radius 2 is 2.05 bits per heavy atom. The number of nitriles is 1. The average Bonchev–Trinajstić information content (AvgIpc) is 2.33. The molecule has 0 atom stereocenters. The largest absolute Gasteiger partial charge is 0.339 e. The van der Waals surface area contributed by atoms with Crippen LogP contribution in [0.2, 0.25) is 5.02 Å². The van der Waals surface area contributed by atoms with Crippen LogP contribution in [-0.4, -0.2) is 4.98 Å². The van der Waals surface area contributed by atoms with Gasteiger partial charge in [-0.2, -0.15) is 5.26 Å². The minimum atomic E-state index is -0.485. The van der Waals surface area contributed by atoms with Crippen LogP contribution in [0.4, 0.5) is 15.9 Å². The van der Waals surface area contributed by atoms with Crippen LogP contribution >= 0.6 is 11.6 Å². The van der Waals surface area contributed by atoms with Gasteiger partial charge in [-0.25, -0.2) is 9.37 Å². The lowest BCUT2D eigenvalue weighted by Gasteiger charge is -2.10. The first-order valence-corrected chi connectivity index (χ1v) is 5.99. The topological polar surface area (TPSA) is 48.7 Å². The van der Waals surface area contributed by atoms with Gasteiger partial charge in [-0.15, -0.1) is 0 Å². The number of hydrogen-bond donors (Lipinski definition) is 1. The van der Waals surface area contributed by atoms with Gasteiger partial charge in [-0.3, -0.25) is 0 Å². The molecule has 0 aliphatic carbocycles. The number of halogens is 2. The van der Waals surface area contributed by atoms with Crippen molar-refractivity contribution in [2.24, 2.45) is 0 Å². The van der Waals surface area contributed by atoms with Gasteiger partial charge in [-0.1, -0.05) is 11.6 Å². The number of hydrogen-bond acceptors (Lipinski definition) is 3. The van der Waals surface area contributed by atoms with Gasteiger partial charge in [0.1, 0.15) is 17.7 Å². The lowest BCUT2D eigenvalue weighted by molar-refractivity contribution is 0.628. The van der Waals surface area contributed by atoms with Crippen LogP contribution in [0, 0.1) is 31.0 Å². The molecule has 96 valence electrons. The third kappa shape index (κ3) is 2.83. The highest BCUT2D eigenvalue weighted by atomic mass is 35.5. The van der Waals surface area contributed by atoms with E-state index in [2.05, 4.69) is 16.4 Å². The van der Waals surface area contributed by atoms with Crippen LogP contribution in [0.5, 0.6) is 0 Å². The Kier molecular flexibility index (Phi) is 3.68. The van der Waals surface area contributed by atoms with E-state index in [0.29, 0.717) is 17.1 Å². The fourth-order valence-electron chi connectivity index (χ4n) is 1.78. The van der Waals surface area contributed by atoms with Crippen molar-refractivity contribution in [3.8, 4) is 6.07 Å². The molecule has 0 aliphatic rings. The lowest BCUT2D eigenvalue weighted by atomic mass is 10.1. The predicted octanol–water partition coefficient (Wildman–Crippen LogP) is 4.11. The molecule has 3 nitrogen and oxygen atoms in total. The van der Waals surface area contributed by atoms with E-state index in [4.69, 9.17) is 16.9 Å². The molecule has 0 unspecified atom stereocenters. The maximum absolute atomic E-state index is 13.1. The van der Waals surface area contributed by atoms with E-state index < -0.39 is 5.82 Å². The molecule has 5 heteroatoms.